The third kappa shape index (κ3) is 5.38. The molecule has 2 rings (SSSR count). The summed E-state index contributed by atoms with van der Waals surface area (Å²) < 4.78 is 4.93. The molecule has 122 valence electrons. The van der Waals surface area contributed by atoms with Crippen molar-refractivity contribution >= 4 is 11.9 Å². The Balaban J connectivity index is 1.60. The van der Waals surface area contributed by atoms with E-state index in [4.69, 9.17) is 4.52 Å². The van der Waals surface area contributed by atoms with Gasteiger partial charge in [0, 0.05) is 31.9 Å². The van der Waals surface area contributed by atoms with E-state index >= 15 is 0 Å². The SMILES string of the molecule is CCc1nc(CNC(=O)NCCNC(=O)c2cccnc2)no1. The van der Waals surface area contributed by atoms with Crippen molar-refractivity contribution in [2.75, 3.05) is 13.1 Å². The Morgan fingerprint density at radius 3 is 2.74 bits per heavy atom. The van der Waals surface area contributed by atoms with E-state index in [9.17, 15) is 9.59 Å². The molecule has 0 saturated heterocycles. The van der Waals surface area contributed by atoms with Gasteiger partial charge in [-0.1, -0.05) is 12.1 Å². The summed E-state index contributed by atoms with van der Waals surface area (Å²) in [5.41, 5.74) is 0.473. The van der Waals surface area contributed by atoms with Gasteiger partial charge < -0.3 is 20.5 Å². The number of nitrogens with one attached hydrogen (secondary N) is 3. The fourth-order valence-electron chi connectivity index (χ4n) is 1.68. The molecule has 2 aromatic heterocycles. The Morgan fingerprint density at radius 2 is 2.04 bits per heavy atom. The summed E-state index contributed by atoms with van der Waals surface area (Å²) >= 11 is 0. The van der Waals surface area contributed by atoms with E-state index in [1.807, 2.05) is 6.92 Å². The molecule has 0 aromatic carbocycles. The Hall–Kier alpha value is -2.97. The number of aryl methyl sites for hydroxylation is 1. The fraction of sp³-hybridized carbons (Fsp3) is 0.357. The highest BCUT2D eigenvalue weighted by atomic mass is 16.5. The third-order valence-electron chi connectivity index (χ3n) is 2.84. The summed E-state index contributed by atoms with van der Waals surface area (Å²) in [5, 5.41) is 11.6. The van der Waals surface area contributed by atoms with Gasteiger partial charge in [0.2, 0.25) is 5.89 Å². The molecule has 0 fully saturated rings. The van der Waals surface area contributed by atoms with E-state index in [1.165, 1.54) is 6.20 Å². The van der Waals surface area contributed by atoms with E-state index in [0.717, 1.165) is 0 Å². The standard InChI is InChI=1S/C14H18N6O3/c1-2-12-19-11(20-23-12)9-18-14(22)17-7-6-16-13(21)10-4-3-5-15-8-10/h3-5,8H,2,6-7,9H2,1H3,(H,16,21)(H2,17,18,22). The van der Waals surface area contributed by atoms with Gasteiger partial charge in [0.1, 0.15) is 0 Å². The lowest BCUT2D eigenvalue weighted by Gasteiger charge is -2.07. The summed E-state index contributed by atoms with van der Waals surface area (Å²) in [4.78, 5) is 31.2. The quantitative estimate of drug-likeness (QED) is 0.629. The molecule has 0 atom stereocenters. The van der Waals surface area contributed by atoms with Crippen LogP contribution in [-0.4, -0.2) is 40.2 Å². The molecule has 3 amide bonds. The molecule has 2 heterocycles. The lowest BCUT2D eigenvalue weighted by molar-refractivity contribution is 0.0953. The van der Waals surface area contributed by atoms with Crippen LogP contribution in [0, 0.1) is 0 Å². The summed E-state index contributed by atoms with van der Waals surface area (Å²) in [6.07, 6.45) is 3.72. The Labute approximate surface area is 132 Å². The van der Waals surface area contributed by atoms with E-state index in [0.29, 0.717) is 36.8 Å². The maximum atomic E-state index is 11.7. The van der Waals surface area contributed by atoms with Crippen molar-refractivity contribution in [3.8, 4) is 0 Å². The third-order valence-corrected chi connectivity index (χ3v) is 2.84. The van der Waals surface area contributed by atoms with Gasteiger partial charge in [0.05, 0.1) is 12.1 Å². The predicted molar refractivity (Wildman–Crippen MR) is 80.5 cm³/mol. The van der Waals surface area contributed by atoms with Gasteiger partial charge in [-0.3, -0.25) is 9.78 Å². The van der Waals surface area contributed by atoms with E-state index in [2.05, 4.69) is 31.1 Å². The molecule has 0 radical (unpaired) electrons. The molecule has 0 aliphatic rings. The molecule has 9 nitrogen and oxygen atoms in total. The molecule has 23 heavy (non-hydrogen) atoms. The van der Waals surface area contributed by atoms with Crippen LogP contribution >= 0.6 is 0 Å². The van der Waals surface area contributed by atoms with Crippen LogP contribution in [0.1, 0.15) is 29.0 Å². The van der Waals surface area contributed by atoms with Gasteiger partial charge in [-0.25, -0.2) is 4.79 Å². The molecule has 2 aromatic rings. The van der Waals surface area contributed by atoms with Gasteiger partial charge in [-0.2, -0.15) is 4.98 Å². The highest BCUT2D eigenvalue weighted by molar-refractivity contribution is 5.93. The summed E-state index contributed by atoms with van der Waals surface area (Å²) in [5.74, 6) is 0.710. The van der Waals surface area contributed by atoms with Gasteiger partial charge in [-0.05, 0) is 12.1 Å². The summed E-state index contributed by atoms with van der Waals surface area (Å²) in [7, 11) is 0. The van der Waals surface area contributed by atoms with Crippen LogP contribution in [-0.2, 0) is 13.0 Å². The van der Waals surface area contributed by atoms with Crippen LogP contribution in [0.2, 0.25) is 0 Å². The second-order valence-electron chi connectivity index (χ2n) is 4.56. The molecular formula is C14H18N6O3. The topological polar surface area (TPSA) is 122 Å². The van der Waals surface area contributed by atoms with Crippen molar-refractivity contribution in [2.45, 2.75) is 19.9 Å². The van der Waals surface area contributed by atoms with Crippen LogP contribution in [0.4, 0.5) is 4.79 Å². The van der Waals surface area contributed by atoms with E-state index in [1.54, 1.807) is 18.3 Å². The number of urea groups is 1. The first kappa shape index (κ1) is 16.4. The Bertz CT molecular complexity index is 643. The normalized spacial score (nSPS) is 10.1. The molecule has 0 bridgehead atoms. The minimum Gasteiger partial charge on any atom is -0.350 e. The maximum Gasteiger partial charge on any atom is 0.315 e. The van der Waals surface area contributed by atoms with Gasteiger partial charge in [-0.15, -0.1) is 0 Å². The van der Waals surface area contributed by atoms with Crippen molar-refractivity contribution in [3.63, 3.8) is 0 Å². The number of hydrogen-bond donors (Lipinski definition) is 3. The first-order valence-corrected chi connectivity index (χ1v) is 7.20. The average Bonchev–Trinajstić information content (AvgIpc) is 3.05. The number of pyridine rings is 1. The Morgan fingerprint density at radius 1 is 1.22 bits per heavy atom. The number of aromatic nitrogens is 3. The molecule has 0 saturated carbocycles. The molecule has 3 N–H and O–H groups in total. The fourth-order valence-corrected chi connectivity index (χ4v) is 1.68. The highest BCUT2D eigenvalue weighted by Gasteiger charge is 2.07. The van der Waals surface area contributed by atoms with Crippen molar-refractivity contribution in [3.05, 3.63) is 41.8 Å². The first-order valence-electron chi connectivity index (χ1n) is 7.20. The Kier molecular flexibility index (Phi) is 6.04. The molecular weight excluding hydrogens is 300 g/mol. The number of rotatable bonds is 7. The molecule has 9 heteroatoms. The van der Waals surface area contributed by atoms with Crippen LogP contribution in [0.15, 0.2) is 29.0 Å². The number of carbonyl (C=O) groups is 2. The second kappa shape index (κ2) is 8.47. The summed E-state index contributed by atoms with van der Waals surface area (Å²) in [6, 6.07) is 2.98. The minimum absolute atomic E-state index is 0.178. The number of amides is 3. The number of nitrogens with zero attached hydrogens (tertiary/aromatic N) is 3. The van der Waals surface area contributed by atoms with Crippen LogP contribution in [0.3, 0.4) is 0 Å². The monoisotopic (exact) mass is 318 g/mol. The van der Waals surface area contributed by atoms with Crippen molar-refractivity contribution in [1.82, 2.24) is 31.1 Å². The van der Waals surface area contributed by atoms with Crippen molar-refractivity contribution in [1.29, 1.82) is 0 Å². The lowest BCUT2D eigenvalue weighted by atomic mass is 10.3. The largest absolute Gasteiger partial charge is 0.350 e. The van der Waals surface area contributed by atoms with E-state index < -0.39 is 0 Å². The van der Waals surface area contributed by atoms with Gasteiger partial charge in [0.15, 0.2) is 5.82 Å². The molecule has 0 unspecified atom stereocenters. The van der Waals surface area contributed by atoms with Crippen LogP contribution < -0.4 is 16.0 Å². The maximum absolute atomic E-state index is 11.7. The molecule has 0 aliphatic carbocycles. The van der Waals surface area contributed by atoms with Crippen LogP contribution in [0.5, 0.6) is 0 Å². The smallest absolute Gasteiger partial charge is 0.315 e. The highest BCUT2D eigenvalue weighted by Crippen LogP contribution is 1.97. The second-order valence-corrected chi connectivity index (χ2v) is 4.56. The zero-order chi connectivity index (χ0) is 16.5. The zero-order valence-electron chi connectivity index (χ0n) is 12.7. The van der Waals surface area contributed by atoms with Crippen LogP contribution in [0.25, 0.3) is 0 Å². The lowest BCUT2D eigenvalue weighted by Crippen LogP contribution is -2.40. The average molecular weight is 318 g/mol. The molecule has 0 aliphatic heterocycles. The number of carbonyl (C=O) groups excluding carboxylic acids is 2. The van der Waals surface area contributed by atoms with Crippen molar-refractivity contribution < 1.29 is 14.1 Å². The predicted octanol–water partition coefficient (Wildman–Crippen LogP) is 0.256. The van der Waals surface area contributed by atoms with Crippen molar-refractivity contribution in [2.24, 2.45) is 0 Å². The number of hydrogen-bond acceptors (Lipinski definition) is 6. The zero-order valence-corrected chi connectivity index (χ0v) is 12.7. The first-order chi connectivity index (χ1) is 11.2. The molecule has 0 spiro atoms. The summed E-state index contributed by atoms with van der Waals surface area (Å²) in [6.45, 7) is 2.68. The minimum atomic E-state index is -0.372. The van der Waals surface area contributed by atoms with E-state index in [-0.39, 0.29) is 18.5 Å². The van der Waals surface area contributed by atoms with Gasteiger partial charge in [0.25, 0.3) is 5.91 Å². The van der Waals surface area contributed by atoms with Gasteiger partial charge >= 0.3 is 6.03 Å².